The Kier molecular flexibility index (Phi) is 6.36. The Morgan fingerprint density at radius 3 is 2.43 bits per heavy atom. The summed E-state index contributed by atoms with van der Waals surface area (Å²) in [6.07, 6.45) is 0. The lowest BCUT2D eigenvalue weighted by Gasteiger charge is -2.34. The molecule has 1 N–H and O–H groups in total. The van der Waals surface area contributed by atoms with Crippen LogP contribution in [0.5, 0.6) is 0 Å². The number of benzene rings is 2. The number of hydrogen-bond donors (Lipinski definition) is 1. The van der Waals surface area contributed by atoms with E-state index in [2.05, 4.69) is 22.2 Å². The van der Waals surface area contributed by atoms with Gasteiger partial charge in [-0.05, 0) is 44.0 Å². The number of piperazine rings is 1. The van der Waals surface area contributed by atoms with Crippen LogP contribution in [0.3, 0.4) is 0 Å². The van der Waals surface area contributed by atoms with Crippen LogP contribution in [0.25, 0.3) is 15.5 Å². The van der Waals surface area contributed by atoms with Crippen LogP contribution >= 0.6 is 11.3 Å². The summed E-state index contributed by atoms with van der Waals surface area (Å²) in [5.74, 6) is 0. The van der Waals surface area contributed by atoms with E-state index in [1.165, 1.54) is 27.0 Å². The maximum absolute atomic E-state index is 12.7. The Morgan fingerprint density at radius 1 is 0.971 bits per heavy atom. The van der Waals surface area contributed by atoms with Crippen molar-refractivity contribution in [2.24, 2.45) is 0 Å². The summed E-state index contributed by atoms with van der Waals surface area (Å²) < 4.78 is 1.37. The fourth-order valence-electron chi connectivity index (χ4n) is 4.11. The zero-order valence-corrected chi connectivity index (χ0v) is 20.9. The van der Waals surface area contributed by atoms with Gasteiger partial charge in [0.25, 0.3) is 5.56 Å². The van der Waals surface area contributed by atoms with Gasteiger partial charge in [0, 0.05) is 50.0 Å². The molecular formula is C26H28N6O2S. The summed E-state index contributed by atoms with van der Waals surface area (Å²) in [5, 5.41) is 8.24. The van der Waals surface area contributed by atoms with Crippen LogP contribution in [0.1, 0.15) is 22.4 Å². The second kappa shape index (κ2) is 9.59. The second-order valence-corrected chi connectivity index (χ2v) is 10.0. The highest BCUT2D eigenvalue weighted by Crippen LogP contribution is 2.24. The molecule has 35 heavy (non-hydrogen) atoms. The van der Waals surface area contributed by atoms with Gasteiger partial charge in [-0.3, -0.25) is 9.69 Å². The third-order valence-corrected chi connectivity index (χ3v) is 7.36. The standard InChI is InChI=1S/C26H28N6O2S/c1-17-4-7-20(8-5-17)24-29-32-23(33)15-22(28-26(32)35-24)16-30-10-12-31(13-11-30)25(34)27-21-9-6-18(2)19(3)14-21/h4-9,14-15H,10-13,16H2,1-3H3,(H,27,34). The second-order valence-electron chi connectivity index (χ2n) is 9.05. The molecule has 180 valence electrons. The minimum absolute atomic E-state index is 0.0843. The van der Waals surface area contributed by atoms with Crippen molar-refractivity contribution in [2.75, 3.05) is 31.5 Å². The van der Waals surface area contributed by atoms with Crippen LogP contribution < -0.4 is 10.9 Å². The molecule has 1 aliphatic heterocycles. The minimum Gasteiger partial charge on any atom is -0.322 e. The lowest BCUT2D eigenvalue weighted by atomic mass is 10.1. The van der Waals surface area contributed by atoms with Gasteiger partial charge in [0.15, 0.2) is 0 Å². The maximum atomic E-state index is 12.7. The third-order valence-electron chi connectivity index (χ3n) is 6.40. The Labute approximate surface area is 207 Å². The molecule has 0 spiro atoms. The molecule has 4 aromatic rings. The van der Waals surface area contributed by atoms with Crippen LogP contribution in [-0.2, 0) is 6.54 Å². The molecule has 1 fully saturated rings. The van der Waals surface area contributed by atoms with Crippen molar-refractivity contribution in [3.05, 3.63) is 81.3 Å². The van der Waals surface area contributed by atoms with Gasteiger partial charge in [0.1, 0.15) is 5.01 Å². The monoisotopic (exact) mass is 488 g/mol. The molecule has 2 amide bonds. The van der Waals surface area contributed by atoms with Crippen LogP contribution in [0.4, 0.5) is 10.5 Å². The summed E-state index contributed by atoms with van der Waals surface area (Å²) in [4.78, 5) is 34.7. The number of anilines is 1. The highest BCUT2D eigenvalue weighted by Gasteiger charge is 2.22. The highest BCUT2D eigenvalue weighted by molar-refractivity contribution is 7.19. The van der Waals surface area contributed by atoms with E-state index >= 15 is 0 Å². The molecule has 0 atom stereocenters. The van der Waals surface area contributed by atoms with Crippen LogP contribution in [0, 0.1) is 20.8 Å². The molecule has 9 heteroatoms. The Balaban J connectivity index is 1.22. The predicted octanol–water partition coefficient (Wildman–Crippen LogP) is 4.09. The first-order valence-electron chi connectivity index (χ1n) is 11.7. The van der Waals surface area contributed by atoms with E-state index in [-0.39, 0.29) is 11.6 Å². The highest BCUT2D eigenvalue weighted by atomic mass is 32.1. The Hall–Kier alpha value is -3.56. The average Bonchev–Trinajstić information content (AvgIpc) is 3.27. The molecule has 8 nitrogen and oxygen atoms in total. The van der Waals surface area contributed by atoms with Crippen molar-refractivity contribution >= 4 is 28.0 Å². The predicted molar refractivity (Wildman–Crippen MR) is 139 cm³/mol. The zero-order valence-electron chi connectivity index (χ0n) is 20.1. The first-order chi connectivity index (χ1) is 16.9. The summed E-state index contributed by atoms with van der Waals surface area (Å²) in [5.41, 5.74) is 5.87. The number of nitrogens with one attached hydrogen (secondary N) is 1. The van der Waals surface area contributed by atoms with E-state index in [1.807, 2.05) is 61.2 Å². The lowest BCUT2D eigenvalue weighted by Crippen LogP contribution is -2.49. The normalized spacial score (nSPS) is 14.4. The van der Waals surface area contributed by atoms with Crippen LogP contribution in [-0.4, -0.2) is 56.6 Å². The van der Waals surface area contributed by atoms with E-state index in [1.54, 1.807) is 6.07 Å². The minimum atomic E-state index is -0.175. The number of aromatic nitrogens is 3. The number of aryl methyl sites for hydroxylation is 3. The molecule has 0 aliphatic carbocycles. The molecule has 2 aromatic carbocycles. The maximum Gasteiger partial charge on any atom is 0.321 e. The van der Waals surface area contributed by atoms with Gasteiger partial charge < -0.3 is 10.2 Å². The first-order valence-corrected chi connectivity index (χ1v) is 12.5. The summed E-state index contributed by atoms with van der Waals surface area (Å²) in [6.45, 7) is 9.38. The van der Waals surface area contributed by atoms with Crippen LogP contribution in [0.15, 0.2) is 53.3 Å². The number of rotatable bonds is 4. The van der Waals surface area contributed by atoms with Gasteiger partial charge in [-0.15, -0.1) is 0 Å². The van der Waals surface area contributed by atoms with Gasteiger partial charge in [0.2, 0.25) is 4.96 Å². The van der Waals surface area contributed by atoms with Crippen molar-refractivity contribution in [1.29, 1.82) is 0 Å². The van der Waals surface area contributed by atoms with Crippen molar-refractivity contribution < 1.29 is 4.79 Å². The van der Waals surface area contributed by atoms with Gasteiger partial charge in [-0.1, -0.05) is 47.2 Å². The topological polar surface area (TPSA) is 82.8 Å². The zero-order chi connectivity index (χ0) is 24.5. The van der Waals surface area contributed by atoms with Crippen molar-refractivity contribution in [3.63, 3.8) is 0 Å². The van der Waals surface area contributed by atoms with Crippen molar-refractivity contribution in [3.8, 4) is 10.6 Å². The van der Waals surface area contributed by atoms with E-state index in [0.717, 1.165) is 40.6 Å². The lowest BCUT2D eigenvalue weighted by molar-refractivity contribution is 0.142. The number of fused-ring (bicyclic) bond motifs is 1. The van der Waals surface area contributed by atoms with Gasteiger partial charge in [0.05, 0.1) is 5.69 Å². The van der Waals surface area contributed by atoms with E-state index in [9.17, 15) is 9.59 Å². The molecule has 0 saturated carbocycles. The summed E-state index contributed by atoms with van der Waals surface area (Å²) in [7, 11) is 0. The molecule has 0 radical (unpaired) electrons. The summed E-state index contributed by atoms with van der Waals surface area (Å²) in [6, 6.07) is 15.5. The fourth-order valence-corrected chi connectivity index (χ4v) is 5.04. The van der Waals surface area contributed by atoms with Gasteiger partial charge >= 0.3 is 6.03 Å². The van der Waals surface area contributed by atoms with Crippen molar-refractivity contribution in [2.45, 2.75) is 27.3 Å². The smallest absolute Gasteiger partial charge is 0.321 e. The molecule has 1 aliphatic rings. The first kappa shape index (κ1) is 23.2. The Bertz CT molecular complexity index is 1430. The number of amides is 2. The largest absolute Gasteiger partial charge is 0.322 e. The number of hydrogen-bond acceptors (Lipinski definition) is 6. The molecular weight excluding hydrogens is 460 g/mol. The quantitative estimate of drug-likeness (QED) is 0.468. The molecule has 3 heterocycles. The number of urea groups is 1. The van der Waals surface area contributed by atoms with Gasteiger partial charge in [-0.2, -0.15) is 9.61 Å². The number of carbonyl (C=O) groups excluding carboxylic acids is 1. The molecule has 0 unspecified atom stereocenters. The molecule has 5 rings (SSSR count). The fraction of sp³-hybridized carbons (Fsp3) is 0.308. The molecule has 2 aromatic heterocycles. The van der Waals surface area contributed by atoms with E-state index in [0.29, 0.717) is 24.6 Å². The van der Waals surface area contributed by atoms with E-state index in [4.69, 9.17) is 4.98 Å². The molecule has 0 bridgehead atoms. The number of carbonyl (C=O) groups is 1. The average molecular weight is 489 g/mol. The van der Waals surface area contributed by atoms with Gasteiger partial charge in [-0.25, -0.2) is 9.78 Å². The van der Waals surface area contributed by atoms with E-state index < -0.39 is 0 Å². The Morgan fingerprint density at radius 2 is 1.71 bits per heavy atom. The SMILES string of the molecule is Cc1ccc(-c2nn3c(=O)cc(CN4CCN(C(=O)Nc5ccc(C)c(C)c5)CC4)nc3s2)cc1. The van der Waals surface area contributed by atoms with Crippen LogP contribution in [0.2, 0.25) is 0 Å². The number of nitrogens with zero attached hydrogens (tertiary/aromatic N) is 5. The van der Waals surface area contributed by atoms with Crippen molar-refractivity contribution in [1.82, 2.24) is 24.4 Å². The summed E-state index contributed by atoms with van der Waals surface area (Å²) >= 11 is 1.41. The third kappa shape index (κ3) is 5.11. The molecule has 1 saturated heterocycles.